The molecular formula is C15H22BrNO2. The molecule has 0 saturated heterocycles. The molecule has 4 heteroatoms. The first-order valence-electron chi connectivity index (χ1n) is 6.74. The average Bonchev–Trinajstić information content (AvgIpc) is 2.31. The summed E-state index contributed by atoms with van der Waals surface area (Å²) in [6.45, 7) is 7.02. The van der Waals surface area contributed by atoms with Crippen LogP contribution in [-0.4, -0.2) is 32.0 Å². The summed E-state index contributed by atoms with van der Waals surface area (Å²) in [6.07, 6.45) is 1.37. The van der Waals surface area contributed by atoms with Crippen LogP contribution < -0.4 is 5.32 Å². The van der Waals surface area contributed by atoms with Gasteiger partial charge in [0.25, 0.3) is 0 Å². The molecule has 1 aliphatic rings. The van der Waals surface area contributed by atoms with E-state index in [1.165, 1.54) is 16.8 Å². The lowest BCUT2D eigenvalue weighted by atomic mass is 9.84. The van der Waals surface area contributed by atoms with Gasteiger partial charge in [0.05, 0.1) is 12.1 Å². The molecular weight excluding hydrogens is 306 g/mol. The smallest absolute Gasteiger partial charge is 0.103 e. The Morgan fingerprint density at radius 3 is 2.47 bits per heavy atom. The lowest BCUT2D eigenvalue weighted by Gasteiger charge is -2.44. The Kier molecular flexibility index (Phi) is 4.87. The van der Waals surface area contributed by atoms with Crippen molar-refractivity contribution in [2.45, 2.75) is 45.4 Å². The molecule has 1 aromatic rings. The van der Waals surface area contributed by atoms with Crippen molar-refractivity contribution >= 4 is 21.6 Å². The Morgan fingerprint density at radius 2 is 1.95 bits per heavy atom. The summed E-state index contributed by atoms with van der Waals surface area (Å²) < 4.78 is 12.3. The number of nitrogens with one attached hydrogen (secondary N) is 1. The van der Waals surface area contributed by atoms with E-state index >= 15 is 0 Å². The van der Waals surface area contributed by atoms with Crippen molar-refractivity contribution in [3.05, 3.63) is 27.7 Å². The van der Waals surface area contributed by atoms with Crippen LogP contribution in [0.15, 0.2) is 16.6 Å². The van der Waals surface area contributed by atoms with Gasteiger partial charge in [-0.15, -0.1) is 0 Å². The quantitative estimate of drug-likeness (QED) is 0.895. The highest BCUT2D eigenvalue weighted by Gasteiger charge is 2.42. The molecule has 0 aliphatic heterocycles. The summed E-state index contributed by atoms with van der Waals surface area (Å²) in [5, 5.41) is 3.61. The maximum absolute atomic E-state index is 5.66. The molecule has 1 fully saturated rings. The van der Waals surface area contributed by atoms with Gasteiger partial charge in [-0.05, 0) is 50.5 Å². The first-order valence-corrected chi connectivity index (χ1v) is 7.53. The third kappa shape index (κ3) is 3.12. The Labute approximate surface area is 123 Å². The summed E-state index contributed by atoms with van der Waals surface area (Å²) in [5.41, 5.74) is 3.72. The van der Waals surface area contributed by atoms with Crippen LogP contribution in [0, 0.1) is 13.8 Å². The molecule has 3 nitrogen and oxygen atoms in total. The van der Waals surface area contributed by atoms with E-state index in [4.69, 9.17) is 9.47 Å². The first-order chi connectivity index (χ1) is 9.06. The molecule has 3 unspecified atom stereocenters. The first kappa shape index (κ1) is 14.8. The summed E-state index contributed by atoms with van der Waals surface area (Å²) in [4.78, 5) is 0. The number of rotatable bonds is 5. The molecule has 0 bridgehead atoms. The number of halogens is 1. The molecule has 1 aliphatic carbocycles. The number of anilines is 1. The second-order valence-corrected chi connectivity index (χ2v) is 6.01. The third-order valence-electron chi connectivity index (χ3n) is 3.73. The van der Waals surface area contributed by atoms with Gasteiger partial charge in [-0.25, -0.2) is 0 Å². The second kappa shape index (κ2) is 6.25. The maximum Gasteiger partial charge on any atom is 0.103 e. The lowest BCUT2D eigenvalue weighted by Crippen LogP contribution is -2.57. The minimum Gasteiger partial charge on any atom is -0.379 e. The molecule has 0 heterocycles. The van der Waals surface area contributed by atoms with Gasteiger partial charge in [0.2, 0.25) is 0 Å². The summed E-state index contributed by atoms with van der Waals surface area (Å²) in [6, 6.07) is 4.60. The third-order valence-corrected chi connectivity index (χ3v) is 4.19. The van der Waals surface area contributed by atoms with E-state index in [2.05, 4.69) is 47.2 Å². The van der Waals surface area contributed by atoms with E-state index in [1.807, 2.05) is 6.92 Å². The van der Waals surface area contributed by atoms with Gasteiger partial charge < -0.3 is 14.8 Å². The minimum atomic E-state index is 0.141. The van der Waals surface area contributed by atoms with Crippen LogP contribution in [0.25, 0.3) is 0 Å². The van der Waals surface area contributed by atoms with E-state index in [0.717, 1.165) is 17.5 Å². The van der Waals surface area contributed by atoms with E-state index in [9.17, 15) is 0 Å². The number of ether oxygens (including phenoxy) is 2. The van der Waals surface area contributed by atoms with Crippen molar-refractivity contribution in [3.63, 3.8) is 0 Å². The van der Waals surface area contributed by atoms with Gasteiger partial charge in [0, 0.05) is 23.9 Å². The van der Waals surface area contributed by atoms with Crippen LogP contribution in [0.4, 0.5) is 5.69 Å². The van der Waals surface area contributed by atoms with E-state index in [-0.39, 0.29) is 12.2 Å². The van der Waals surface area contributed by atoms with Gasteiger partial charge in [-0.1, -0.05) is 15.9 Å². The molecule has 0 radical (unpaired) electrons. The fourth-order valence-corrected chi connectivity index (χ4v) is 3.43. The highest BCUT2D eigenvalue weighted by atomic mass is 79.9. The highest BCUT2D eigenvalue weighted by Crippen LogP contribution is 2.33. The molecule has 1 N–H and O–H groups in total. The van der Waals surface area contributed by atoms with E-state index < -0.39 is 0 Å². The molecule has 0 spiro atoms. The van der Waals surface area contributed by atoms with Crippen molar-refractivity contribution in [1.29, 1.82) is 0 Å². The van der Waals surface area contributed by atoms with Gasteiger partial charge in [-0.3, -0.25) is 0 Å². The van der Waals surface area contributed by atoms with Gasteiger partial charge in [-0.2, -0.15) is 0 Å². The van der Waals surface area contributed by atoms with Crippen molar-refractivity contribution in [1.82, 2.24) is 0 Å². The Hall–Kier alpha value is -0.580. The zero-order valence-corrected chi connectivity index (χ0v) is 13.6. The molecule has 1 aromatic carbocycles. The molecule has 106 valence electrons. The Morgan fingerprint density at radius 1 is 1.32 bits per heavy atom. The Balaban J connectivity index is 2.07. The largest absolute Gasteiger partial charge is 0.379 e. The van der Waals surface area contributed by atoms with Crippen LogP contribution >= 0.6 is 15.9 Å². The van der Waals surface area contributed by atoms with Crippen molar-refractivity contribution in [2.75, 3.05) is 19.0 Å². The zero-order valence-electron chi connectivity index (χ0n) is 12.0. The number of methoxy groups -OCH3 is 1. The molecule has 3 atom stereocenters. The van der Waals surface area contributed by atoms with Gasteiger partial charge in [0.15, 0.2) is 0 Å². The fraction of sp³-hybridized carbons (Fsp3) is 0.600. The van der Waals surface area contributed by atoms with E-state index in [0.29, 0.717) is 6.04 Å². The summed E-state index contributed by atoms with van der Waals surface area (Å²) in [5.74, 6) is 0. The van der Waals surface area contributed by atoms with Crippen LogP contribution in [0.1, 0.15) is 24.5 Å². The van der Waals surface area contributed by atoms with Crippen LogP contribution in [0.3, 0.4) is 0 Å². The van der Waals surface area contributed by atoms with Gasteiger partial charge >= 0.3 is 0 Å². The maximum atomic E-state index is 5.66. The molecule has 2 rings (SSSR count). The van der Waals surface area contributed by atoms with Crippen LogP contribution in [-0.2, 0) is 9.47 Å². The predicted molar refractivity (Wildman–Crippen MR) is 81.9 cm³/mol. The number of hydrogen-bond donors (Lipinski definition) is 1. The average molecular weight is 328 g/mol. The zero-order chi connectivity index (χ0) is 14.0. The predicted octanol–water partition coefficient (Wildman–Crippen LogP) is 3.67. The summed E-state index contributed by atoms with van der Waals surface area (Å²) in [7, 11) is 1.76. The molecule has 0 amide bonds. The van der Waals surface area contributed by atoms with Crippen molar-refractivity contribution < 1.29 is 9.47 Å². The monoisotopic (exact) mass is 327 g/mol. The van der Waals surface area contributed by atoms with Crippen LogP contribution in [0.2, 0.25) is 0 Å². The molecule has 1 saturated carbocycles. The fourth-order valence-electron chi connectivity index (χ4n) is 2.74. The standard InChI is InChI=1S/C15H22BrNO2/c1-5-19-13-8-12(15(13)18-4)17-14-9(2)6-11(16)7-10(14)3/h6-7,12-13,15,17H,5,8H2,1-4H3. The number of hydrogen-bond acceptors (Lipinski definition) is 3. The lowest BCUT2D eigenvalue weighted by molar-refractivity contribution is -0.118. The SMILES string of the molecule is CCOC1CC(Nc2c(C)cc(Br)cc2C)C1OC. The highest BCUT2D eigenvalue weighted by molar-refractivity contribution is 9.10. The number of aryl methyl sites for hydroxylation is 2. The molecule has 0 aromatic heterocycles. The van der Waals surface area contributed by atoms with Crippen LogP contribution in [0.5, 0.6) is 0 Å². The van der Waals surface area contributed by atoms with Crippen molar-refractivity contribution in [3.8, 4) is 0 Å². The summed E-state index contributed by atoms with van der Waals surface area (Å²) >= 11 is 3.53. The Bertz CT molecular complexity index is 427. The minimum absolute atomic E-state index is 0.141. The van der Waals surface area contributed by atoms with Crippen molar-refractivity contribution in [2.24, 2.45) is 0 Å². The van der Waals surface area contributed by atoms with E-state index in [1.54, 1.807) is 7.11 Å². The topological polar surface area (TPSA) is 30.5 Å². The second-order valence-electron chi connectivity index (χ2n) is 5.10. The normalized spacial score (nSPS) is 26.1. The number of benzene rings is 1. The van der Waals surface area contributed by atoms with Gasteiger partial charge in [0.1, 0.15) is 6.10 Å². The molecule has 19 heavy (non-hydrogen) atoms.